The summed E-state index contributed by atoms with van der Waals surface area (Å²) in [5.74, 6) is 1.73. The minimum Gasteiger partial charge on any atom is -0.396 e. The van der Waals surface area contributed by atoms with E-state index in [9.17, 15) is 5.11 Å². The van der Waals surface area contributed by atoms with Gasteiger partial charge < -0.3 is 10.4 Å². The third-order valence-electron chi connectivity index (χ3n) is 5.42. The van der Waals surface area contributed by atoms with Gasteiger partial charge in [-0.2, -0.15) is 0 Å². The van der Waals surface area contributed by atoms with Crippen LogP contribution in [0.2, 0.25) is 0 Å². The van der Waals surface area contributed by atoms with Crippen LogP contribution in [-0.2, 0) is 0 Å². The summed E-state index contributed by atoms with van der Waals surface area (Å²) in [6.07, 6.45) is 10.5. The van der Waals surface area contributed by atoms with Crippen LogP contribution in [0.25, 0.3) is 0 Å². The highest BCUT2D eigenvalue weighted by atomic mass is 16.3. The maximum Gasteiger partial charge on any atom is 0.0499 e. The van der Waals surface area contributed by atoms with Crippen molar-refractivity contribution in [2.75, 3.05) is 13.2 Å². The molecule has 18 heavy (non-hydrogen) atoms. The second-order valence-electron chi connectivity index (χ2n) is 7.11. The first-order valence-electron chi connectivity index (χ1n) is 7.99. The van der Waals surface area contributed by atoms with Crippen LogP contribution in [0.4, 0.5) is 0 Å². The zero-order valence-electron chi connectivity index (χ0n) is 12.3. The Morgan fingerprint density at radius 2 is 1.89 bits per heavy atom. The first kappa shape index (κ1) is 14.3. The Balaban J connectivity index is 1.78. The average Bonchev–Trinajstić information content (AvgIpc) is 2.86. The monoisotopic (exact) mass is 253 g/mol. The van der Waals surface area contributed by atoms with Crippen LogP contribution in [0.5, 0.6) is 0 Å². The molecule has 2 aliphatic carbocycles. The molecule has 2 saturated carbocycles. The maximum absolute atomic E-state index is 9.65. The Morgan fingerprint density at radius 3 is 2.50 bits per heavy atom. The van der Waals surface area contributed by atoms with Gasteiger partial charge in [-0.1, -0.05) is 39.5 Å². The summed E-state index contributed by atoms with van der Waals surface area (Å²) < 4.78 is 0. The summed E-state index contributed by atoms with van der Waals surface area (Å²) in [4.78, 5) is 0. The van der Waals surface area contributed by atoms with Crippen molar-refractivity contribution in [3.8, 4) is 0 Å². The molecule has 2 aliphatic rings. The molecule has 0 saturated heterocycles. The summed E-state index contributed by atoms with van der Waals surface area (Å²) in [6, 6.07) is 0.704. The van der Waals surface area contributed by atoms with Gasteiger partial charge in [-0.3, -0.25) is 0 Å². The molecule has 0 aromatic heterocycles. The number of nitrogens with one attached hydrogen (secondary N) is 1. The summed E-state index contributed by atoms with van der Waals surface area (Å²) in [5.41, 5.74) is 0.213. The predicted molar refractivity (Wildman–Crippen MR) is 76.6 cm³/mol. The second kappa shape index (κ2) is 6.38. The van der Waals surface area contributed by atoms with E-state index in [-0.39, 0.29) is 5.41 Å². The van der Waals surface area contributed by atoms with Gasteiger partial charge in [0.2, 0.25) is 0 Å². The molecule has 2 heteroatoms. The molecule has 2 fully saturated rings. The molecule has 2 nitrogen and oxygen atoms in total. The van der Waals surface area contributed by atoms with Gasteiger partial charge in [0.15, 0.2) is 0 Å². The minimum absolute atomic E-state index is 0.213. The van der Waals surface area contributed by atoms with Crippen molar-refractivity contribution < 1.29 is 5.11 Å². The molecule has 2 N–H and O–H groups in total. The van der Waals surface area contributed by atoms with E-state index in [4.69, 9.17) is 0 Å². The van der Waals surface area contributed by atoms with E-state index >= 15 is 0 Å². The number of hydrogen-bond donors (Lipinski definition) is 2. The molecule has 0 aromatic carbocycles. The number of rotatable bonds is 5. The van der Waals surface area contributed by atoms with Crippen molar-refractivity contribution in [1.82, 2.24) is 5.32 Å². The third-order valence-corrected chi connectivity index (χ3v) is 5.42. The zero-order valence-corrected chi connectivity index (χ0v) is 12.3. The quantitative estimate of drug-likeness (QED) is 0.787. The largest absolute Gasteiger partial charge is 0.396 e. The van der Waals surface area contributed by atoms with E-state index < -0.39 is 0 Å². The summed E-state index contributed by atoms with van der Waals surface area (Å²) in [6.45, 7) is 6.14. The highest BCUT2D eigenvalue weighted by Crippen LogP contribution is 2.37. The fourth-order valence-electron chi connectivity index (χ4n) is 3.90. The molecular weight excluding hydrogens is 222 g/mol. The van der Waals surface area contributed by atoms with Crippen LogP contribution < -0.4 is 5.32 Å². The Morgan fingerprint density at radius 1 is 1.17 bits per heavy atom. The molecule has 0 aliphatic heterocycles. The minimum atomic E-state index is 0.213. The molecular formula is C16H31NO. The Kier molecular flexibility index (Phi) is 5.08. The first-order valence-corrected chi connectivity index (χ1v) is 7.99. The fraction of sp³-hybridized carbons (Fsp3) is 1.00. The van der Waals surface area contributed by atoms with E-state index in [1.807, 2.05) is 0 Å². The lowest BCUT2D eigenvalue weighted by molar-refractivity contribution is 0.117. The van der Waals surface area contributed by atoms with Gasteiger partial charge in [0, 0.05) is 24.6 Å². The van der Waals surface area contributed by atoms with Crippen LogP contribution in [-0.4, -0.2) is 24.3 Å². The SMILES string of the molecule is CC(C)C1CCCC(NCC2(CO)CCCC2)C1. The molecule has 0 bridgehead atoms. The van der Waals surface area contributed by atoms with Gasteiger partial charge in [-0.05, 0) is 37.5 Å². The number of aliphatic hydroxyl groups excluding tert-OH is 1. The Bertz CT molecular complexity index is 245. The first-order chi connectivity index (χ1) is 8.65. The van der Waals surface area contributed by atoms with Crippen molar-refractivity contribution >= 4 is 0 Å². The van der Waals surface area contributed by atoms with Crippen LogP contribution in [0.3, 0.4) is 0 Å². The molecule has 0 amide bonds. The topological polar surface area (TPSA) is 32.3 Å². The number of hydrogen-bond acceptors (Lipinski definition) is 2. The van der Waals surface area contributed by atoms with Crippen LogP contribution in [0.15, 0.2) is 0 Å². The third kappa shape index (κ3) is 3.48. The summed E-state index contributed by atoms with van der Waals surface area (Å²) >= 11 is 0. The van der Waals surface area contributed by atoms with Gasteiger partial charge in [0.25, 0.3) is 0 Å². The molecule has 0 radical (unpaired) electrons. The van der Waals surface area contributed by atoms with Crippen molar-refractivity contribution in [3.05, 3.63) is 0 Å². The van der Waals surface area contributed by atoms with Crippen LogP contribution in [0, 0.1) is 17.3 Å². The van der Waals surface area contributed by atoms with Crippen molar-refractivity contribution in [2.24, 2.45) is 17.3 Å². The smallest absolute Gasteiger partial charge is 0.0499 e. The predicted octanol–water partition coefficient (Wildman–Crippen LogP) is 3.34. The molecule has 0 spiro atoms. The van der Waals surface area contributed by atoms with Crippen molar-refractivity contribution in [2.45, 2.75) is 71.3 Å². The van der Waals surface area contributed by atoms with E-state index in [0.717, 1.165) is 18.4 Å². The fourth-order valence-corrected chi connectivity index (χ4v) is 3.90. The maximum atomic E-state index is 9.65. The van der Waals surface area contributed by atoms with Gasteiger partial charge in [0.05, 0.1) is 0 Å². The normalized spacial score (nSPS) is 32.0. The van der Waals surface area contributed by atoms with Crippen LogP contribution in [0.1, 0.15) is 65.2 Å². The van der Waals surface area contributed by atoms with Crippen molar-refractivity contribution in [1.29, 1.82) is 0 Å². The molecule has 0 aromatic rings. The second-order valence-corrected chi connectivity index (χ2v) is 7.11. The van der Waals surface area contributed by atoms with Gasteiger partial charge >= 0.3 is 0 Å². The molecule has 106 valence electrons. The average molecular weight is 253 g/mol. The zero-order chi connectivity index (χ0) is 13.0. The summed E-state index contributed by atoms with van der Waals surface area (Å²) in [7, 11) is 0. The van der Waals surface area contributed by atoms with E-state index in [2.05, 4.69) is 19.2 Å². The lowest BCUT2D eigenvalue weighted by Crippen LogP contribution is -2.43. The van der Waals surface area contributed by atoms with Crippen molar-refractivity contribution in [3.63, 3.8) is 0 Å². The highest BCUT2D eigenvalue weighted by molar-refractivity contribution is 4.88. The van der Waals surface area contributed by atoms with E-state index in [1.165, 1.54) is 51.4 Å². The van der Waals surface area contributed by atoms with E-state index in [0.29, 0.717) is 12.6 Å². The summed E-state index contributed by atoms with van der Waals surface area (Å²) in [5, 5.41) is 13.4. The standard InChI is InChI=1S/C16H31NO/c1-13(2)14-6-5-7-15(10-14)17-11-16(12-18)8-3-4-9-16/h13-15,17-18H,3-12H2,1-2H3. The van der Waals surface area contributed by atoms with E-state index in [1.54, 1.807) is 0 Å². The number of aliphatic hydroxyl groups is 1. The highest BCUT2D eigenvalue weighted by Gasteiger charge is 2.34. The molecule has 2 rings (SSSR count). The molecule has 2 unspecified atom stereocenters. The Hall–Kier alpha value is -0.0800. The van der Waals surface area contributed by atoms with Gasteiger partial charge in [-0.25, -0.2) is 0 Å². The Labute approximate surface area is 113 Å². The lowest BCUT2D eigenvalue weighted by atomic mass is 9.78. The lowest BCUT2D eigenvalue weighted by Gasteiger charge is -2.35. The van der Waals surface area contributed by atoms with Gasteiger partial charge in [0.1, 0.15) is 0 Å². The van der Waals surface area contributed by atoms with Gasteiger partial charge in [-0.15, -0.1) is 0 Å². The molecule has 0 heterocycles. The van der Waals surface area contributed by atoms with Crippen LogP contribution >= 0.6 is 0 Å². The molecule has 2 atom stereocenters.